The summed E-state index contributed by atoms with van der Waals surface area (Å²) in [4.78, 5) is 12.5. The van der Waals surface area contributed by atoms with Crippen LogP contribution in [0.4, 0.5) is 23.2 Å². The first kappa shape index (κ1) is 28.9. The summed E-state index contributed by atoms with van der Waals surface area (Å²) in [5.74, 6) is -0.248. The molecule has 0 atom stereocenters. The van der Waals surface area contributed by atoms with Gasteiger partial charge in [0, 0.05) is 35.2 Å². The summed E-state index contributed by atoms with van der Waals surface area (Å²) in [7, 11) is 5.79. The number of benzene rings is 3. The van der Waals surface area contributed by atoms with Crippen LogP contribution in [0.3, 0.4) is 0 Å². The number of ether oxygens (including phenoxy) is 5. The fraction of sp³-hybridized carbons (Fsp3) is 0.179. The number of carbonyl (C=O) groups excluding carboxylic acids is 1. The van der Waals surface area contributed by atoms with Crippen molar-refractivity contribution in [2.24, 2.45) is 0 Å². The molecule has 11 heteroatoms. The topological polar surface area (TPSA) is 75.3 Å². The van der Waals surface area contributed by atoms with Crippen LogP contribution < -0.4 is 29.0 Å². The Labute approximate surface area is 222 Å². The van der Waals surface area contributed by atoms with E-state index in [1.807, 2.05) is 0 Å². The Kier molecular flexibility index (Phi) is 9.43. The number of halogens is 4. The van der Waals surface area contributed by atoms with E-state index >= 15 is 0 Å². The number of hydrogen-bond acceptors (Lipinski definition) is 7. The third-order valence-corrected chi connectivity index (χ3v) is 5.31. The highest BCUT2D eigenvalue weighted by molar-refractivity contribution is 6.04. The number of anilines is 1. The highest BCUT2D eigenvalue weighted by Crippen LogP contribution is 2.39. The van der Waals surface area contributed by atoms with E-state index in [9.17, 15) is 22.4 Å². The molecule has 0 fully saturated rings. The van der Waals surface area contributed by atoms with Gasteiger partial charge < -0.3 is 29.0 Å². The fourth-order valence-corrected chi connectivity index (χ4v) is 3.50. The maximum absolute atomic E-state index is 14.5. The van der Waals surface area contributed by atoms with Gasteiger partial charge in [-0.3, -0.25) is 4.79 Å². The van der Waals surface area contributed by atoms with Gasteiger partial charge in [-0.05, 0) is 48.0 Å². The molecule has 7 nitrogen and oxygen atoms in total. The molecular formula is C28H25F4NO6. The van der Waals surface area contributed by atoms with E-state index in [2.05, 4.69) is 10.1 Å². The second-order valence-corrected chi connectivity index (χ2v) is 7.78. The van der Waals surface area contributed by atoms with Crippen molar-refractivity contribution in [1.82, 2.24) is 0 Å². The van der Waals surface area contributed by atoms with E-state index in [1.54, 1.807) is 24.3 Å². The molecule has 0 saturated carbocycles. The Hall–Kier alpha value is -4.67. The van der Waals surface area contributed by atoms with E-state index in [0.29, 0.717) is 34.1 Å². The van der Waals surface area contributed by atoms with Crippen molar-refractivity contribution >= 4 is 23.6 Å². The third kappa shape index (κ3) is 7.67. The molecule has 0 unspecified atom stereocenters. The summed E-state index contributed by atoms with van der Waals surface area (Å²) in [5.41, 5.74) is 1.65. The van der Waals surface area contributed by atoms with Crippen molar-refractivity contribution in [3.8, 4) is 28.7 Å². The Bertz CT molecular complexity index is 1340. The second-order valence-electron chi connectivity index (χ2n) is 7.78. The Balaban J connectivity index is 1.84. The van der Waals surface area contributed by atoms with Crippen molar-refractivity contribution in [1.29, 1.82) is 0 Å². The van der Waals surface area contributed by atoms with Crippen molar-refractivity contribution in [3.05, 3.63) is 83.3 Å². The van der Waals surface area contributed by atoms with Gasteiger partial charge in [0.25, 0.3) is 0 Å². The summed E-state index contributed by atoms with van der Waals surface area (Å²) < 4.78 is 76.4. The molecule has 0 amide bonds. The first-order chi connectivity index (χ1) is 18.6. The number of rotatable bonds is 11. The van der Waals surface area contributed by atoms with Gasteiger partial charge in [0.15, 0.2) is 28.8 Å². The number of methoxy groups -OCH3 is 4. The van der Waals surface area contributed by atoms with E-state index in [0.717, 1.165) is 12.1 Å². The Morgan fingerprint density at radius 2 is 1.44 bits per heavy atom. The number of alkyl halides is 3. The smallest absolute Gasteiger partial charge is 0.494 e. The lowest BCUT2D eigenvalue weighted by Crippen LogP contribution is -2.17. The molecule has 0 aliphatic heterocycles. The van der Waals surface area contributed by atoms with Crippen LogP contribution in [-0.4, -0.2) is 40.6 Å². The average molecular weight is 548 g/mol. The van der Waals surface area contributed by atoms with Crippen molar-refractivity contribution in [2.75, 3.05) is 33.8 Å². The van der Waals surface area contributed by atoms with Gasteiger partial charge in [-0.1, -0.05) is 12.2 Å². The van der Waals surface area contributed by atoms with Crippen LogP contribution in [0.1, 0.15) is 21.5 Å². The standard InChI is InChI=1S/C28H25F4NO6/c1-35-24-16-22(33-12-11-23(34)18-7-9-20(10-8-18)39-28(30,31)32)19(15-21(24)29)6-5-17-13-25(36-2)27(38-4)26(14-17)37-3/h5-16,33H,1-4H3/b6-5-,12-11-. The molecule has 39 heavy (non-hydrogen) atoms. The van der Waals surface area contributed by atoms with Crippen LogP contribution in [0.5, 0.6) is 28.7 Å². The van der Waals surface area contributed by atoms with Gasteiger partial charge >= 0.3 is 6.36 Å². The lowest BCUT2D eigenvalue weighted by Gasteiger charge is -2.13. The third-order valence-electron chi connectivity index (χ3n) is 5.31. The van der Waals surface area contributed by atoms with Crippen molar-refractivity contribution in [3.63, 3.8) is 0 Å². The number of carbonyl (C=O) groups is 1. The Morgan fingerprint density at radius 3 is 1.97 bits per heavy atom. The monoisotopic (exact) mass is 547 g/mol. The first-order valence-electron chi connectivity index (χ1n) is 11.3. The number of allylic oxidation sites excluding steroid dienone is 1. The largest absolute Gasteiger partial charge is 0.573 e. The van der Waals surface area contributed by atoms with Crippen LogP contribution in [0.2, 0.25) is 0 Å². The van der Waals surface area contributed by atoms with Crippen molar-refractivity contribution < 1.29 is 46.0 Å². The minimum absolute atomic E-state index is 0.0255. The molecule has 0 radical (unpaired) electrons. The van der Waals surface area contributed by atoms with Crippen molar-refractivity contribution in [2.45, 2.75) is 6.36 Å². The summed E-state index contributed by atoms with van der Waals surface area (Å²) in [6.45, 7) is 0. The first-order valence-corrected chi connectivity index (χ1v) is 11.3. The minimum Gasteiger partial charge on any atom is -0.494 e. The van der Waals surface area contributed by atoms with Gasteiger partial charge in [-0.2, -0.15) is 0 Å². The predicted molar refractivity (Wildman–Crippen MR) is 138 cm³/mol. The molecule has 0 aliphatic rings. The molecule has 0 bridgehead atoms. The molecule has 1 N–H and O–H groups in total. The molecule has 3 aromatic carbocycles. The molecule has 0 spiro atoms. The van der Waals surface area contributed by atoms with Gasteiger partial charge in [0.2, 0.25) is 5.75 Å². The molecule has 0 heterocycles. The van der Waals surface area contributed by atoms with Crippen LogP contribution in [0, 0.1) is 5.82 Å². The number of ketones is 1. The van der Waals surface area contributed by atoms with Crippen LogP contribution in [0.15, 0.2) is 60.8 Å². The molecule has 206 valence electrons. The SMILES string of the molecule is COc1cc(N/C=C\C(=O)c2ccc(OC(F)(F)F)cc2)c(/C=C\c2cc(OC)c(OC)c(OC)c2)cc1F. The maximum Gasteiger partial charge on any atom is 0.573 e. The second kappa shape index (κ2) is 12.7. The summed E-state index contributed by atoms with van der Waals surface area (Å²) in [5, 5.41) is 2.92. The lowest BCUT2D eigenvalue weighted by molar-refractivity contribution is -0.274. The van der Waals surface area contributed by atoms with E-state index in [4.69, 9.17) is 18.9 Å². The van der Waals surface area contributed by atoms with Crippen LogP contribution >= 0.6 is 0 Å². The zero-order chi connectivity index (χ0) is 28.6. The Morgan fingerprint density at radius 1 is 0.821 bits per heavy atom. The lowest BCUT2D eigenvalue weighted by atomic mass is 10.1. The predicted octanol–water partition coefficient (Wildman–Crippen LogP) is 6.74. The molecular weight excluding hydrogens is 522 g/mol. The zero-order valence-electron chi connectivity index (χ0n) is 21.4. The normalized spacial score (nSPS) is 11.5. The minimum atomic E-state index is -4.83. The quantitative estimate of drug-likeness (QED) is 0.123. The van der Waals surface area contributed by atoms with Gasteiger partial charge in [-0.15, -0.1) is 13.2 Å². The highest BCUT2D eigenvalue weighted by Gasteiger charge is 2.31. The van der Waals surface area contributed by atoms with Gasteiger partial charge in [0.1, 0.15) is 5.75 Å². The molecule has 3 aromatic rings. The molecule has 3 rings (SSSR count). The zero-order valence-corrected chi connectivity index (χ0v) is 21.4. The highest BCUT2D eigenvalue weighted by atomic mass is 19.4. The maximum atomic E-state index is 14.5. The van der Waals surface area contributed by atoms with E-state index < -0.39 is 23.7 Å². The summed E-state index contributed by atoms with van der Waals surface area (Å²) in [6.07, 6.45) is 1.02. The summed E-state index contributed by atoms with van der Waals surface area (Å²) in [6, 6.07) is 10.6. The number of hydrogen-bond donors (Lipinski definition) is 1. The van der Waals surface area contributed by atoms with Gasteiger partial charge in [-0.25, -0.2) is 4.39 Å². The summed E-state index contributed by atoms with van der Waals surface area (Å²) >= 11 is 0. The van der Waals surface area contributed by atoms with Crippen LogP contribution in [-0.2, 0) is 0 Å². The fourth-order valence-electron chi connectivity index (χ4n) is 3.50. The van der Waals surface area contributed by atoms with Gasteiger partial charge in [0.05, 0.1) is 28.4 Å². The van der Waals surface area contributed by atoms with E-state index in [-0.39, 0.29) is 11.3 Å². The van der Waals surface area contributed by atoms with Crippen LogP contribution in [0.25, 0.3) is 12.2 Å². The average Bonchev–Trinajstić information content (AvgIpc) is 2.91. The molecule has 0 saturated heterocycles. The van der Waals surface area contributed by atoms with E-state index in [1.165, 1.54) is 65.0 Å². The molecule has 0 aromatic heterocycles. The molecule has 0 aliphatic carbocycles. The number of nitrogens with one attached hydrogen (secondary N) is 1.